The minimum Gasteiger partial charge on any atom is -0.458 e. The Balaban J connectivity index is 1.61. The second kappa shape index (κ2) is 6.21. The molecular formula is C18H23FO4. The van der Waals surface area contributed by atoms with Gasteiger partial charge in [0.05, 0.1) is 30.8 Å². The van der Waals surface area contributed by atoms with E-state index in [4.69, 9.17) is 14.2 Å². The van der Waals surface area contributed by atoms with Crippen molar-refractivity contribution in [2.75, 3.05) is 0 Å². The second-order valence-electron chi connectivity index (χ2n) is 7.22. The van der Waals surface area contributed by atoms with Crippen LogP contribution < -0.4 is 0 Å². The quantitative estimate of drug-likeness (QED) is 0.617. The fourth-order valence-electron chi connectivity index (χ4n) is 3.11. The van der Waals surface area contributed by atoms with Gasteiger partial charge >= 0.3 is 5.97 Å². The Morgan fingerprint density at radius 1 is 1.35 bits per heavy atom. The van der Waals surface area contributed by atoms with Crippen molar-refractivity contribution in [1.29, 1.82) is 0 Å². The van der Waals surface area contributed by atoms with E-state index >= 15 is 0 Å². The van der Waals surface area contributed by atoms with Gasteiger partial charge in [-0.1, -0.05) is 30.3 Å². The molecule has 0 bridgehead atoms. The summed E-state index contributed by atoms with van der Waals surface area (Å²) in [6.07, 6.45) is -1.61. The molecule has 1 aromatic rings. The second-order valence-corrected chi connectivity index (χ2v) is 7.22. The Morgan fingerprint density at radius 2 is 2.04 bits per heavy atom. The highest BCUT2D eigenvalue weighted by Crippen LogP contribution is 2.47. The molecule has 0 radical (unpaired) electrons. The average molecular weight is 322 g/mol. The van der Waals surface area contributed by atoms with E-state index in [-0.39, 0.29) is 18.3 Å². The van der Waals surface area contributed by atoms with Crippen LogP contribution in [0.3, 0.4) is 0 Å². The highest BCUT2D eigenvalue weighted by Gasteiger charge is 2.60. The summed E-state index contributed by atoms with van der Waals surface area (Å²) in [4.78, 5) is 12.0. The van der Waals surface area contributed by atoms with Crippen molar-refractivity contribution in [3.05, 3.63) is 35.9 Å². The lowest BCUT2D eigenvalue weighted by molar-refractivity contribution is -0.167. The van der Waals surface area contributed by atoms with E-state index in [0.29, 0.717) is 13.0 Å². The molecule has 3 rings (SSSR count). The number of rotatable bonds is 5. The Labute approximate surface area is 135 Å². The maximum atomic E-state index is 14.7. The van der Waals surface area contributed by atoms with Gasteiger partial charge in [0.15, 0.2) is 0 Å². The Hall–Kier alpha value is -1.46. The van der Waals surface area contributed by atoms with E-state index in [1.54, 1.807) is 20.8 Å². The van der Waals surface area contributed by atoms with Crippen LogP contribution in [0.25, 0.3) is 0 Å². The molecule has 126 valence electrons. The number of esters is 1. The molecule has 5 heteroatoms. The predicted octanol–water partition coefficient (Wildman–Crippen LogP) is 3.04. The maximum absolute atomic E-state index is 14.7. The summed E-state index contributed by atoms with van der Waals surface area (Å²) in [6.45, 7) is 5.59. The third-order valence-corrected chi connectivity index (χ3v) is 4.17. The maximum Gasteiger partial charge on any atom is 0.341 e. The number of hydrogen-bond donors (Lipinski definition) is 0. The molecule has 1 aliphatic carbocycles. The van der Waals surface area contributed by atoms with Crippen LogP contribution in [0.5, 0.6) is 0 Å². The first-order chi connectivity index (χ1) is 10.8. The molecule has 1 heterocycles. The van der Waals surface area contributed by atoms with E-state index < -0.39 is 23.7 Å². The normalized spacial score (nSPS) is 30.6. The van der Waals surface area contributed by atoms with E-state index in [1.165, 1.54) is 0 Å². The molecule has 0 N–H and O–H groups in total. The number of carbonyl (C=O) groups is 1. The van der Waals surface area contributed by atoms with Gasteiger partial charge in [0.2, 0.25) is 6.17 Å². The summed E-state index contributed by atoms with van der Waals surface area (Å²) < 4.78 is 31.1. The molecule has 0 aromatic heterocycles. The van der Waals surface area contributed by atoms with Gasteiger partial charge in [0.1, 0.15) is 5.60 Å². The van der Waals surface area contributed by atoms with Crippen molar-refractivity contribution in [3.63, 3.8) is 0 Å². The molecule has 1 saturated heterocycles. The number of halogens is 1. The lowest BCUT2D eigenvalue weighted by atomic mass is 9.98. The summed E-state index contributed by atoms with van der Waals surface area (Å²) >= 11 is 0. The number of fused-ring (bicyclic) bond motifs is 1. The fourth-order valence-corrected chi connectivity index (χ4v) is 3.11. The molecule has 1 saturated carbocycles. The third kappa shape index (κ3) is 3.90. The van der Waals surface area contributed by atoms with Crippen LogP contribution in [0, 0.1) is 5.92 Å². The van der Waals surface area contributed by atoms with Gasteiger partial charge in [-0.15, -0.1) is 0 Å². The van der Waals surface area contributed by atoms with Crippen molar-refractivity contribution in [3.8, 4) is 0 Å². The molecule has 5 atom stereocenters. The highest BCUT2D eigenvalue weighted by atomic mass is 19.1. The first-order valence-electron chi connectivity index (χ1n) is 8.03. The van der Waals surface area contributed by atoms with Gasteiger partial charge in [0, 0.05) is 6.42 Å². The number of benzene rings is 1. The largest absolute Gasteiger partial charge is 0.458 e. The summed E-state index contributed by atoms with van der Waals surface area (Å²) in [5.41, 5.74) is 0.324. The van der Waals surface area contributed by atoms with Gasteiger partial charge in [-0.25, -0.2) is 9.18 Å². The van der Waals surface area contributed by atoms with E-state index in [2.05, 4.69) is 0 Å². The molecule has 23 heavy (non-hydrogen) atoms. The van der Waals surface area contributed by atoms with Crippen molar-refractivity contribution in [2.24, 2.45) is 5.92 Å². The number of hydrogen-bond acceptors (Lipinski definition) is 4. The van der Waals surface area contributed by atoms with Crippen LogP contribution >= 0.6 is 0 Å². The number of alkyl halides is 1. The van der Waals surface area contributed by atoms with E-state index in [9.17, 15) is 9.18 Å². The first kappa shape index (κ1) is 16.4. The molecule has 0 amide bonds. The average Bonchev–Trinajstić information content (AvgIpc) is 3.15. The zero-order valence-electron chi connectivity index (χ0n) is 13.7. The van der Waals surface area contributed by atoms with Crippen molar-refractivity contribution >= 4 is 5.97 Å². The molecule has 2 fully saturated rings. The Bertz CT molecular complexity index is 554. The van der Waals surface area contributed by atoms with Crippen LogP contribution in [0.4, 0.5) is 4.39 Å². The predicted molar refractivity (Wildman–Crippen MR) is 82.5 cm³/mol. The van der Waals surface area contributed by atoms with Gasteiger partial charge in [-0.05, 0) is 26.3 Å². The SMILES string of the molecule is CC(C)(C)OC(=O)C(F)[C@@H]1[C@@H]2O[C@@H]2C[C@@H]1OCc1ccccc1. The summed E-state index contributed by atoms with van der Waals surface area (Å²) in [7, 11) is 0. The van der Waals surface area contributed by atoms with Crippen molar-refractivity contribution in [2.45, 2.75) is 63.9 Å². The van der Waals surface area contributed by atoms with Gasteiger partial charge in [-0.3, -0.25) is 0 Å². The monoisotopic (exact) mass is 322 g/mol. The van der Waals surface area contributed by atoms with Crippen LogP contribution in [-0.2, 0) is 25.6 Å². The number of carbonyl (C=O) groups excluding carboxylic acids is 1. The minimum absolute atomic E-state index is 0.0152. The molecular weight excluding hydrogens is 299 g/mol. The van der Waals surface area contributed by atoms with Crippen LogP contribution in [0.1, 0.15) is 32.8 Å². The third-order valence-electron chi connectivity index (χ3n) is 4.17. The topological polar surface area (TPSA) is 48.1 Å². The summed E-state index contributed by atoms with van der Waals surface area (Å²) in [5.74, 6) is -1.41. The smallest absolute Gasteiger partial charge is 0.341 e. The molecule has 1 unspecified atom stereocenters. The van der Waals surface area contributed by atoms with Crippen LogP contribution in [-0.4, -0.2) is 36.1 Å². The van der Waals surface area contributed by atoms with Gasteiger partial charge in [0.25, 0.3) is 0 Å². The fraction of sp³-hybridized carbons (Fsp3) is 0.611. The van der Waals surface area contributed by atoms with Gasteiger partial charge < -0.3 is 14.2 Å². The minimum atomic E-state index is -1.72. The van der Waals surface area contributed by atoms with Crippen LogP contribution in [0.2, 0.25) is 0 Å². The molecule has 1 aliphatic heterocycles. The highest BCUT2D eigenvalue weighted by molar-refractivity contribution is 5.75. The number of ether oxygens (including phenoxy) is 3. The Morgan fingerprint density at radius 3 is 2.70 bits per heavy atom. The van der Waals surface area contributed by atoms with Crippen molar-refractivity contribution < 1.29 is 23.4 Å². The molecule has 4 nitrogen and oxygen atoms in total. The van der Waals surface area contributed by atoms with Crippen molar-refractivity contribution in [1.82, 2.24) is 0 Å². The zero-order chi connectivity index (χ0) is 16.6. The first-order valence-corrected chi connectivity index (χ1v) is 8.03. The standard InChI is InChI=1S/C18H23FO4/c1-18(2,3)23-17(20)15(19)14-12(9-13-16(14)22-13)21-10-11-7-5-4-6-8-11/h4-8,12-16H,9-10H2,1-3H3/t12-,13+,14+,15?,16+/m0/s1. The zero-order valence-corrected chi connectivity index (χ0v) is 13.7. The van der Waals surface area contributed by atoms with E-state index in [0.717, 1.165) is 5.56 Å². The van der Waals surface area contributed by atoms with Gasteiger partial charge in [-0.2, -0.15) is 0 Å². The lowest BCUT2D eigenvalue weighted by Gasteiger charge is -2.27. The molecule has 0 spiro atoms. The summed E-state index contributed by atoms with van der Waals surface area (Å²) in [6, 6.07) is 9.73. The lowest BCUT2D eigenvalue weighted by Crippen LogP contribution is -2.40. The summed E-state index contributed by atoms with van der Waals surface area (Å²) in [5, 5.41) is 0. The number of epoxide rings is 1. The molecule has 2 aliphatic rings. The van der Waals surface area contributed by atoms with Crippen LogP contribution in [0.15, 0.2) is 30.3 Å². The van der Waals surface area contributed by atoms with E-state index in [1.807, 2.05) is 30.3 Å². The molecule has 1 aromatic carbocycles. The Kier molecular flexibility index (Phi) is 4.43.